The lowest BCUT2D eigenvalue weighted by molar-refractivity contribution is 0.0472. The summed E-state index contributed by atoms with van der Waals surface area (Å²) in [6.45, 7) is 0.107. The SMILES string of the molecule is N#Cc1ccc(COC(=O)c2cccnc2-n2cncn2)cc1. The molecule has 0 spiro atoms. The van der Waals surface area contributed by atoms with Crippen LogP contribution in [-0.4, -0.2) is 25.7 Å². The summed E-state index contributed by atoms with van der Waals surface area (Å²) in [5.41, 5.74) is 1.65. The molecule has 0 N–H and O–H groups in total. The molecule has 2 heterocycles. The second-order valence-corrected chi connectivity index (χ2v) is 4.60. The smallest absolute Gasteiger partial charge is 0.342 e. The van der Waals surface area contributed by atoms with Crippen molar-refractivity contribution in [3.05, 3.63) is 71.9 Å². The van der Waals surface area contributed by atoms with E-state index in [4.69, 9.17) is 10.00 Å². The minimum Gasteiger partial charge on any atom is -0.457 e. The van der Waals surface area contributed by atoms with Crippen LogP contribution < -0.4 is 0 Å². The highest BCUT2D eigenvalue weighted by Crippen LogP contribution is 2.13. The second kappa shape index (κ2) is 6.49. The summed E-state index contributed by atoms with van der Waals surface area (Å²) in [6.07, 6.45) is 4.38. The van der Waals surface area contributed by atoms with Crippen LogP contribution >= 0.6 is 0 Å². The van der Waals surface area contributed by atoms with E-state index in [1.807, 2.05) is 6.07 Å². The first kappa shape index (κ1) is 14.4. The Bertz CT molecular complexity index is 851. The number of carbonyl (C=O) groups is 1. The van der Waals surface area contributed by atoms with Crippen molar-refractivity contribution >= 4 is 5.97 Å². The Morgan fingerprint density at radius 2 is 2.09 bits per heavy atom. The van der Waals surface area contributed by atoms with Crippen LogP contribution in [0.5, 0.6) is 0 Å². The van der Waals surface area contributed by atoms with Crippen molar-refractivity contribution in [3.63, 3.8) is 0 Å². The summed E-state index contributed by atoms with van der Waals surface area (Å²) in [4.78, 5) is 20.3. The molecule has 0 bridgehead atoms. The van der Waals surface area contributed by atoms with Gasteiger partial charge in [-0.2, -0.15) is 10.4 Å². The Balaban J connectivity index is 1.75. The van der Waals surface area contributed by atoms with Crippen LogP contribution in [0.3, 0.4) is 0 Å². The number of carbonyl (C=O) groups excluding carboxylic acids is 1. The third kappa shape index (κ3) is 3.22. The van der Waals surface area contributed by atoms with Crippen LogP contribution in [0.1, 0.15) is 21.5 Å². The van der Waals surface area contributed by atoms with E-state index in [1.165, 1.54) is 17.3 Å². The molecule has 7 heteroatoms. The third-order valence-electron chi connectivity index (χ3n) is 3.10. The normalized spacial score (nSPS) is 10.0. The fourth-order valence-electron chi connectivity index (χ4n) is 1.96. The molecule has 0 radical (unpaired) electrons. The molecule has 0 aliphatic carbocycles. The molecule has 0 unspecified atom stereocenters. The minimum absolute atomic E-state index is 0.107. The predicted molar refractivity (Wildman–Crippen MR) is 79.4 cm³/mol. The van der Waals surface area contributed by atoms with Crippen molar-refractivity contribution in [3.8, 4) is 11.9 Å². The van der Waals surface area contributed by atoms with Gasteiger partial charge in [0.25, 0.3) is 0 Å². The highest BCUT2D eigenvalue weighted by atomic mass is 16.5. The van der Waals surface area contributed by atoms with Gasteiger partial charge in [-0.05, 0) is 29.8 Å². The lowest BCUT2D eigenvalue weighted by Crippen LogP contribution is -2.11. The van der Waals surface area contributed by atoms with Crippen molar-refractivity contribution in [2.75, 3.05) is 0 Å². The van der Waals surface area contributed by atoms with Crippen molar-refractivity contribution in [1.29, 1.82) is 5.26 Å². The Kier molecular flexibility index (Phi) is 4.07. The second-order valence-electron chi connectivity index (χ2n) is 4.60. The predicted octanol–water partition coefficient (Wildman–Crippen LogP) is 1.89. The Labute approximate surface area is 131 Å². The lowest BCUT2D eigenvalue weighted by Gasteiger charge is -2.08. The zero-order valence-electron chi connectivity index (χ0n) is 12.0. The monoisotopic (exact) mass is 305 g/mol. The van der Waals surface area contributed by atoms with Crippen LogP contribution in [0.2, 0.25) is 0 Å². The summed E-state index contributed by atoms with van der Waals surface area (Å²) in [5, 5.41) is 12.7. The molecule has 0 aliphatic rings. The molecular formula is C16H11N5O2. The third-order valence-corrected chi connectivity index (χ3v) is 3.10. The molecule has 3 aromatic rings. The first-order valence-electron chi connectivity index (χ1n) is 6.74. The van der Waals surface area contributed by atoms with Crippen molar-refractivity contribution in [2.45, 2.75) is 6.61 Å². The maximum atomic E-state index is 12.3. The van der Waals surface area contributed by atoms with Gasteiger partial charge < -0.3 is 4.74 Å². The number of esters is 1. The van der Waals surface area contributed by atoms with E-state index in [-0.39, 0.29) is 6.61 Å². The molecule has 0 saturated heterocycles. The molecule has 1 aromatic carbocycles. The highest BCUT2D eigenvalue weighted by molar-refractivity contribution is 5.92. The number of benzene rings is 1. The van der Waals surface area contributed by atoms with Crippen LogP contribution in [0.25, 0.3) is 5.82 Å². The largest absolute Gasteiger partial charge is 0.457 e. The van der Waals surface area contributed by atoms with Gasteiger partial charge in [-0.3, -0.25) is 0 Å². The van der Waals surface area contributed by atoms with Gasteiger partial charge in [0.05, 0.1) is 11.6 Å². The molecule has 0 atom stereocenters. The molecule has 0 amide bonds. The maximum absolute atomic E-state index is 12.3. The number of pyridine rings is 1. The molecule has 0 aliphatic heterocycles. The number of nitrogens with zero attached hydrogens (tertiary/aromatic N) is 5. The lowest BCUT2D eigenvalue weighted by atomic mass is 10.1. The summed E-state index contributed by atoms with van der Waals surface area (Å²) >= 11 is 0. The van der Waals surface area contributed by atoms with Gasteiger partial charge in [-0.1, -0.05) is 12.1 Å². The Morgan fingerprint density at radius 3 is 2.78 bits per heavy atom. The standard InChI is InChI=1S/C16H11N5O2/c17-8-12-3-5-13(6-4-12)9-23-16(22)14-2-1-7-19-15(14)21-11-18-10-20-21/h1-7,10-11H,9H2. The summed E-state index contributed by atoms with van der Waals surface area (Å²) in [7, 11) is 0. The fourth-order valence-corrected chi connectivity index (χ4v) is 1.96. The summed E-state index contributed by atoms with van der Waals surface area (Å²) in [6, 6.07) is 12.1. The first-order valence-corrected chi connectivity index (χ1v) is 6.74. The van der Waals surface area contributed by atoms with E-state index in [1.54, 1.807) is 42.6 Å². The van der Waals surface area contributed by atoms with E-state index < -0.39 is 5.97 Å². The maximum Gasteiger partial charge on any atom is 0.342 e. The molecule has 112 valence electrons. The van der Waals surface area contributed by atoms with E-state index in [2.05, 4.69) is 15.1 Å². The van der Waals surface area contributed by atoms with Crippen LogP contribution in [0.15, 0.2) is 55.2 Å². The number of hydrogen-bond acceptors (Lipinski definition) is 6. The number of rotatable bonds is 4. The average Bonchev–Trinajstić information content (AvgIpc) is 3.14. The van der Waals surface area contributed by atoms with Gasteiger partial charge in [-0.25, -0.2) is 19.4 Å². The number of ether oxygens (including phenoxy) is 1. The van der Waals surface area contributed by atoms with E-state index in [0.29, 0.717) is 16.9 Å². The molecular weight excluding hydrogens is 294 g/mol. The molecule has 7 nitrogen and oxygen atoms in total. The Morgan fingerprint density at radius 1 is 1.26 bits per heavy atom. The van der Waals surface area contributed by atoms with Crippen LogP contribution in [0.4, 0.5) is 0 Å². The minimum atomic E-state index is -0.507. The molecule has 23 heavy (non-hydrogen) atoms. The van der Waals surface area contributed by atoms with Gasteiger partial charge in [0.15, 0.2) is 5.82 Å². The number of hydrogen-bond donors (Lipinski definition) is 0. The molecule has 3 rings (SSSR count). The first-order chi connectivity index (χ1) is 11.3. The van der Waals surface area contributed by atoms with E-state index in [9.17, 15) is 4.79 Å². The van der Waals surface area contributed by atoms with Crippen molar-refractivity contribution in [1.82, 2.24) is 19.7 Å². The topological polar surface area (TPSA) is 93.7 Å². The summed E-state index contributed by atoms with van der Waals surface area (Å²) in [5.74, 6) is -0.150. The zero-order chi connectivity index (χ0) is 16.1. The molecule has 0 fully saturated rings. The van der Waals surface area contributed by atoms with Gasteiger partial charge in [-0.15, -0.1) is 0 Å². The fraction of sp³-hybridized carbons (Fsp3) is 0.0625. The Hall–Kier alpha value is -3.53. The van der Waals surface area contributed by atoms with Gasteiger partial charge in [0.1, 0.15) is 24.8 Å². The number of nitriles is 1. The van der Waals surface area contributed by atoms with Gasteiger partial charge in [0.2, 0.25) is 0 Å². The van der Waals surface area contributed by atoms with E-state index >= 15 is 0 Å². The van der Waals surface area contributed by atoms with Crippen LogP contribution in [-0.2, 0) is 11.3 Å². The van der Waals surface area contributed by atoms with Gasteiger partial charge >= 0.3 is 5.97 Å². The zero-order valence-corrected chi connectivity index (χ0v) is 12.0. The van der Waals surface area contributed by atoms with E-state index in [0.717, 1.165) is 5.56 Å². The molecule has 2 aromatic heterocycles. The quantitative estimate of drug-likeness (QED) is 0.683. The number of aromatic nitrogens is 4. The van der Waals surface area contributed by atoms with Crippen LogP contribution in [0, 0.1) is 11.3 Å². The van der Waals surface area contributed by atoms with Crippen molar-refractivity contribution < 1.29 is 9.53 Å². The average molecular weight is 305 g/mol. The highest BCUT2D eigenvalue weighted by Gasteiger charge is 2.15. The summed E-state index contributed by atoms with van der Waals surface area (Å²) < 4.78 is 6.70. The van der Waals surface area contributed by atoms with Gasteiger partial charge in [0, 0.05) is 6.20 Å². The van der Waals surface area contributed by atoms with Crippen molar-refractivity contribution in [2.24, 2.45) is 0 Å². The molecule has 0 saturated carbocycles.